The number of aromatic amines is 1. The number of benzene rings is 1. The molecule has 3 N–H and O–H groups in total. The molecular weight excluding hydrogens is 356 g/mol. The maximum Gasteiger partial charge on any atom is 0.271 e. The molecule has 120 valence electrons. The van der Waals surface area contributed by atoms with Gasteiger partial charge in [-0.1, -0.05) is 28.1 Å². The molecule has 5 nitrogen and oxygen atoms in total. The van der Waals surface area contributed by atoms with Crippen LogP contribution >= 0.6 is 15.9 Å². The van der Waals surface area contributed by atoms with Crippen molar-refractivity contribution in [2.24, 2.45) is 17.6 Å². The van der Waals surface area contributed by atoms with Crippen LogP contribution in [0.1, 0.15) is 23.3 Å². The van der Waals surface area contributed by atoms with Crippen molar-refractivity contribution < 1.29 is 4.79 Å². The van der Waals surface area contributed by atoms with E-state index in [4.69, 9.17) is 5.73 Å². The molecule has 1 aliphatic carbocycles. The molecule has 1 aromatic heterocycles. The van der Waals surface area contributed by atoms with Crippen LogP contribution in [0.5, 0.6) is 0 Å². The quantitative estimate of drug-likeness (QED) is 0.866. The molecule has 1 aliphatic heterocycles. The van der Waals surface area contributed by atoms with Gasteiger partial charge in [-0.2, -0.15) is 5.10 Å². The van der Waals surface area contributed by atoms with E-state index in [0.717, 1.165) is 28.2 Å². The molecule has 2 aliphatic rings. The van der Waals surface area contributed by atoms with Gasteiger partial charge in [-0.05, 0) is 42.9 Å². The highest BCUT2D eigenvalue weighted by Crippen LogP contribution is 2.41. The summed E-state index contributed by atoms with van der Waals surface area (Å²) in [5, 5.41) is 7.15. The fourth-order valence-electron chi connectivity index (χ4n) is 3.41. The zero-order chi connectivity index (χ0) is 16.0. The predicted molar refractivity (Wildman–Crippen MR) is 91.8 cm³/mol. The molecule has 0 bridgehead atoms. The van der Waals surface area contributed by atoms with Crippen LogP contribution < -0.4 is 5.73 Å². The normalized spacial score (nSPS) is 24.2. The van der Waals surface area contributed by atoms with Gasteiger partial charge in [-0.3, -0.25) is 9.89 Å². The molecule has 0 unspecified atom stereocenters. The number of nitrogens with two attached hydrogens (primary N) is 1. The first-order chi connectivity index (χ1) is 11.1. The van der Waals surface area contributed by atoms with E-state index in [1.165, 1.54) is 12.8 Å². The Balaban J connectivity index is 1.50. The van der Waals surface area contributed by atoms with Crippen molar-refractivity contribution >= 4 is 21.8 Å². The third kappa shape index (κ3) is 2.93. The molecule has 0 radical (unpaired) electrons. The molecule has 2 fully saturated rings. The van der Waals surface area contributed by atoms with Crippen molar-refractivity contribution in [3.05, 3.63) is 40.5 Å². The summed E-state index contributed by atoms with van der Waals surface area (Å²) >= 11 is 3.42. The van der Waals surface area contributed by atoms with E-state index in [9.17, 15) is 4.79 Å². The van der Waals surface area contributed by atoms with Gasteiger partial charge in [-0.25, -0.2) is 0 Å². The van der Waals surface area contributed by atoms with Crippen LogP contribution in [0.2, 0.25) is 0 Å². The van der Waals surface area contributed by atoms with Gasteiger partial charge in [0.1, 0.15) is 5.69 Å². The number of nitrogens with one attached hydrogen (secondary N) is 1. The second-order valence-corrected chi connectivity index (χ2v) is 7.46. The third-order valence-electron chi connectivity index (χ3n) is 4.88. The molecule has 23 heavy (non-hydrogen) atoms. The number of rotatable bonds is 3. The number of nitrogens with zero attached hydrogens (tertiary/aromatic N) is 2. The van der Waals surface area contributed by atoms with Gasteiger partial charge in [0.25, 0.3) is 5.91 Å². The first kappa shape index (κ1) is 14.9. The molecule has 1 saturated heterocycles. The van der Waals surface area contributed by atoms with Crippen molar-refractivity contribution in [2.75, 3.05) is 13.1 Å². The van der Waals surface area contributed by atoms with E-state index >= 15 is 0 Å². The molecule has 4 rings (SSSR count). The topological polar surface area (TPSA) is 75.0 Å². The van der Waals surface area contributed by atoms with Gasteiger partial charge in [-0.15, -0.1) is 0 Å². The largest absolute Gasteiger partial charge is 0.335 e. The summed E-state index contributed by atoms with van der Waals surface area (Å²) in [6.45, 7) is 1.42. The molecule has 1 aromatic carbocycles. The van der Waals surface area contributed by atoms with Crippen molar-refractivity contribution in [2.45, 2.75) is 18.9 Å². The lowest BCUT2D eigenvalue weighted by Gasteiger charge is -2.14. The molecule has 2 heterocycles. The number of likely N-dealkylation sites (tertiary alicyclic amines) is 1. The average Bonchev–Trinajstić information content (AvgIpc) is 3.13. The Labute approximate surface area is 143 Å². The van der Waals surface area contributed by atoms with Crippen LogP contribution in [0.25, 0.3) is 11.3 Å². The maximum atomic E-state index is 12.7. The van der Waals surface area contributed by atoms with E-state index in [1.54, 1.807) is 0 Å². The second kappa shape index (κ2) is 5.76. The second-order valence-electron chi connectivity index (χ2n) is 6.55. The molecule has 1 amide bonds. The number of amides is 1. The zero-order valence-corrected chi connectivity index (χ0v) is 14.3. The first-order valence-electron chi connectivity index (χ1n) is 7.98. The number of aromatic nitrogens is 2. The summed E-state index contributed by atoms with van der Waals surface area (Å²) in [4.78, 5) is 14.5. The summed E-state index contributed by atoms with van der Waals surface area (Å²) in [5.41, 5.74) is 8.51. The van der Waals surface area contributed by atoms with Crippen molar-refractivity contribution in [1.82, 2.24) is 15.1 Å². The zero-order valence-electron chi connectivity index (χ0n) is 12.7. The smallest absolute Gasteiger partial charge is 0.271 e. The van der Waals surface area contributed by atoms with Crippen LogP contribution in [0.4, 0.5) is 0 Å². The van der Waals surface area contributed by atoms with Gasteiger partial charge in [0.15, 0.2) is 0 Å². The maximum absolute atomic E-state index is 12.7. The minimum atomic E-state index is -0.000498. The number of hydrogen-bond acceptors (Lipinski definition) is 3. The highest BCUT2D eigenvalue weighted by atomic mass is 79.9. The fourth-order valence-corrected chi connectivity index (χ4v) is 3.68. The van der Waals surface area contributed by atoms with Crippen LogP contribution in [0.3, 0.4) is 0 Å². The molecule has 6 heteroatoms. The van der Waals surface area contributed by atoms with Gasteiger partial charge in [0.2, 0.25) is 0 Å². The Hall–Kier alpha value is -1.66. The van der Waals surface area contributed by atoms with Crippen LogP contribution in [-0.2, 0) is 0 Å². The molecule has 2 atom stereocenters. The lowest BCUT2D eigenvalue weighted by molar-refractivity contribution is 0.0779. The van der Waals surface area contributed by atoms with E-state index < -0.39 is 0 Å². The average molecular weight is 375 g/mol. The minimum absolute atomic E-state index is 0.000498. The summed E-state index contributed by atoms with van der Waals surface area (Å²) in [6, 6.07) is 9.81. The highest BCUT2D eigenvalue weighted by molar-refractivity contribution is 9.10. The molecule has 1 saturated carbocycles. The van der Waals surface area contributed by atoms with Crippen LogP contribution in [0, 0.1) is 11.8 Å². The van der Waals surface area contributed by atoms with Crippen LogP contribution in [-0.4, -0.2) is 40.1 Å². The lowest BCUT2D eigenvalue weighted by Crippen LogP contribution is -2.32. The minimum Gasteiger partial charge on any atom is -0.335 e. The first-order valence-corrected chi connectivity index (χ1v) is 8.77. The molecule has 2 aromatic rings. The standard InChI is InChI=1S/C17H19BrN4O/c18-12-5-3-11(4-6-12)15-7-16(21-20-15)17(23)22-8-13(10-1-2-10)14(19)9-22/h3-7,10,13-14H,1-2,8-9,19H2,(H,20,21)/t13-,14+/m0/s1. The SMILES string of the molecule is N[C@@H]1CN(C(=O)c2cc(-c3ccc(Br)cc3)n[nH]2)C[C@H]1C1CC1. The van der Waals surface area contributed by atoms with E-state index in [1.807, 2.05) is 35.2 Å². The number of H-pyrrole nitrogens is 1. The van der Waals surface area contributed by atoms with Crippen molar-refractivity contribution in [3.63, 3.8) is 0 Å². The van der Waals surface area contributed by atoms with E-state index in [2.05, 4.69) is 26.1 Å². The summed E-state index contributed by atoms with van der Waals surface area (Å²) in [6.07, 6.45) is 2.52. The predicted octanol–water partition coefficient (Wildman–Crippen LogP) is 2.65. The Morgan fingerprint density at radius 2 is 2.00 bits per heavy atom. The summed E-state index contributed by atoms with van der Waals surface area (Å²) in [5.74, 6) is 1.19. The number of halogens is 1. The highest BCUT2D eigenvalue weighted by Gasteiger charge is 2.42. The molecular formula is C17H19BrN4O. The van der Waals surface area contributed by atoms with E-state index in [-0.39, 0.29) is 11.9 Å². The summed E-state index contributed by atoms with van der Waals surface area (Å²) in [7, 11) is 0. The van der Waals surface area contributed by atoms with Crippen molar-refractivity contribution in [3.8, 4) is 11.3 Å². The Bertz CT molecular complexity index is 722. The van der Waals surface area contributed by atoms with Crippen molar-refractivity contribution in [1.29, 1.82) is 0 Å². The van der Waals surface area contributed by atoms with Gasteiger partial charge < -0.3 is 10.6 Å². The monoisotopic (exact) mass is 374 g/mol. The van der Waals surface area contributed by atoms with Gasteiger partial charge >= 0.3 is 0 Å². The number of hydrogen-bond donors (Lipinski definition) is 2. The lowest BCUT2D eigenvalue weighted by atomic mass is 9.99. The summed E-state index contributed by atoms with van der Waals surface area (Å²) < 4.78 is 1.02. The fraction of sp³-hybridized carbons (Fsp3) is 0.412. The number of carbonyl (C=O) groups is 1. The Morgan fingerprint density at radius 3 is 2.70 bits per heavy atom. The van der Waals surface area contributed by atoms with Gasteiger partial charge in [0, 0.05) is 29.2 Å². The number of carbonyl (C=O) groups excluding carboxylic acids is 1. The van der Waals surface area contributed by atoms with Crippen LogP contribution in [0.15, 0.2) is 34.8 Å². The van der Waals surface area contributed by atoms with Gasteiger partial charge in [0.05, 0.1) is 5.69 Å². The van der Waals surface area contributed by atoms with E-state index in [0.29, 0.717) is 18.2 Å². The molecule has 0 spiro atoms. The third-order valence-corrected chi connectivity index (χ3v) is 5.40. The Kier molecular flexibility index (Phi) is 3.73. The Morgan fingerprint density at radius 1 is 1.26 bits per heavy atom.